The molecule has 2 atom stereocenters. The van der Waals surface area contributed by atoms with E-state index in [0.29, 0.717) is 11.7 Å². The number of nitrogens with zero attached hydrogens (tertiary/aromatic N) is 4. The molecule has 0 bridgehead atoms. The molecule has 7 heteroatoms. The van der Waals surface area contributed by atoms with Crippen LogP contribution in [-0.4, -0.2) is 37.7 Å². The summed E-state index contributed by atoms with van der Waals surface area (Å²) >= 11 is 5.12. The third-order valence-corrected chi connectivity index (χ3v) is 6.34. The van der Waals surface area contributed by atoms with Crippen molar-refractivity contribution in [2.24, 2.45) is 5.92 Å². The van der Waals surface area contributed by atoms with Gasteiger partial charge in [0.2, 0.25) is 10.8 Å². The number of thiazole rings is 1. The van der Waals surface area contributed by atoms with Gasteiger partial charge in [-0.25, -0.2) is 4.98 Å². The maximum Gasteiger partial charge on any atom is 0.230 e. The van der Waals surface area contributed by atoms with Gasteiger partial charge in [-0.15, -0.1) is 5.10 Å². The second-order valence-corrected chi connectivity index (χ2v) is 8.77. The molecule has 3 heterocycles. The minimum atomic E-state index is 0.0223. The lowest BCUT2D eigenvalue weighted by atomic mass is 9.95. The highest BCUT2D eigenvalue weighted by atomic mass is 79.9. The summed E-state index contributed by atoms with van der Waals surface area (Å²) in [6.07, 6.45) is 2.45. The fraction of sp³-hybridized carbons (Fsp3) is 0.444. The molecule has 0 aliphatic carbocycles. The predicted octanol–water partition coefficient (Wildman–Crippen LogP) is 4.39. The highest BCUT2D eigenvalue weighted by molar-refractivity contribution is 9.10. The van der Waals surface area contributed by atoms with Crippen LogP contribution in [0.4, 0.5) is 0 Å². The highest BCUT2D eigenvalue weighted by Gasteiger charge is 2.31. The summed E-state index contributed by atoms with van der Waals surface area (Å²) in [6, 6.07) is 8.39. The third kappa shape index (κ3) is 3.20. The number of aromatic hydroxyl groups is 1. The van der Waals surface area contributed by atoms with Gasteiger partial charge in [0.05, 0.1) is 10.9 Å². The second kappa shape index (κ2) is 6.70. The van der Waals surface area contributed by atoms with Crippen molar-refractivity contribution in [1.29, 1.82) is 0 Å². The maximum absolute atomic E-state index is 10.8. The number of aryl methyl sites for hydroxylation is 1. The standard InChI is InChI=1S/C18H21BrN4OS/c1-11-5-4-8-22(10-11)15(13-6-3-7-14(19)9-13)16-17(24)23-18(25-16)20-12(2)21-23/h3,6-7,9,11,15,24H,4-5,8,10H2,1-2H3/t11-,15-/m1/s1. The number of benzene rings is 1. The Morgan fingerprint density at radius 1 is 1.40 bits per heavy atom. The Morgan fingerprint density at radius 3 is 2.96 bits per heavy atom. The van der Waals surface area contributed by atoms with Crippen LogP contribution in [0, 0.1) is 12.8 Å². The van der Waals surface area contributed by atoms with Gasteiger partial charge in [0.25, 0.3) is 0 Å². The molecule has 4 rings (SSSR count). The molecule has 132 valence electrons. The van der Waals surface area contributed by atoms with Crippen molar-refractivity contribution in [2.75, 3.05) is 13.1 Å². The number of piperidine rings is 1. The van der Waals surface area contributed by atoms with E-state index in [9.17, 15) is 5.11 Å². The van der Waals surface area contributed by atoms with Gasteiger partial charge in [-0.1, -0.05) is 46.3 Å². The van der Waals surface area contributed by atoms with E-state index in [2.05, 4.69) is 56.0 Å². The van der Waals surface area contributed by atoms with Gasteiger partial charge in [0.15, 0.2) is 0 Å². The molecule has 0 unspecified atom stereocenters. The molecule has 1 fully saturated rings. The molecule has 1 saturated heterocycles. The highest BCUT2D eigenvalue weighted by Crippen LogP contribution is 2.41. The van der Waals surface area contributed by atoms with Crippen molar-refractivity contribution in [3.05, 3.63) is 45.0 Å². The average molecular weight is 421 g/mol. The molecule has 1 aliphatic heterocycles. The summed E-state index contributed by atoms with van der Waals surface area (Å²) in [6.45, 7) is 6.21. The van der Waals surface area contributed by atoms with Gasteiger partial charge >= 0.3 is 0 Å². The van der Waals surface area contributed by atoms with Crippen LogP contribution < -0.4 is 0 Å². The first-order valence-corrected chi connectivity index (χ1v) is 10.2. The Hall–Kier alpha value is -1.44. The molecule has 2 aromatic heterocycles. The Labute approximate surface area is 159 Å². The third-order valence-electron chi connectivity index (χ3n) is 4.77. The Balaban J connectivity index is 1.83. The van der Waals surface area contributed by atoms with Crippen molar-refractivity contribution >= 4 is 32.2 Å². The molecular formula is C18H21BrN4OS. The number of aromatic nitrogens is 3. The van der Waals surface area contributed by atoms with Gasteiger partial charge in [-0.3, -0.25) is 4.90 Å². The predicted molar refractivity (Wildman–Crippen MR) is 103 cm³/mol. The molecule has 0 radical (unpaired) electrons. The van der Waals surface area contributed by atoms with E-state index < -0.39 is 0 Å². The summed E-state index contributed by atoms with van der Waals surface area (Å²) in [7, 11) is 0. The van der Waals surface area contributed by atoms with Crippen molar-refractivity contribution in [3.63, 3.8) is 0 Å². The van der Waals surface area contributed by atoms with E-state index in [1.54, 1.807) is 4.52 Å². The van der Waals surface area contributed by atoms with Crippen LogP contribution >= 0.6 is 27.3 Å². The normalized spacial score (nSPS) is 20.2. The zero-order valence-corrected chi connectivity index (χ0v) is 16.7. The lowest BCUT2D eigenvalue weighted by Gasteiger charge is -2.37. The summed E-state index contributed by atoms with van der Waals surface area (Å²) < 4.78 is 2.61. The zero-order valence-electron chi connectivity index (χ0n) is 14.3. The largest absolute Gasteiger partial charge is 0.492 e. The smallest absolute Gasteiger partial charge is 0.230 e. The van der Waals surface area contributed by atoms with Crippen LogP contribution in [0.3, 0.4) is 0 Å². The number of fused-ring (bicyclic) bond motifs is 1. The van der Waals surface area contributed by atoms with Crippen molar-refractivity contribution < 1.29 is 5.11 Å². The molecular weight excluding hydrogens is 400 g/mol. The van der Waals surface area contributed by atoms with E-state index in [0.717, 1.165) is 27.4 Å². The number of halogens is 1. The molecule has 0 saturated carbocycles. The fourth-order valence-corrected chi connectivity index (χ4v) is 5.27. The van der Waals surface area contributed by atoms with Gasteiger partial charge < -0.3 is 5.11 Å². The molecule has 5 nitrogen and oxygen atoms in total. The summed E-state index contributed by atoms with van der Waals surface area (Å²) in [5, 5.41) is 15.2. The van der Waals surface area contributed by atoms with Gasteiger partial charge in [0.1, 0.15) is 5.82 Å². The van der Waals surface area contributed by atoms with Crippen molar-refractivity contribution in [3.8, 4) is 5.88 Å². The minimum absolute atomic E-state index is 0.0223. The first kappa shape index (κ1) is 17.0. The maximum atomic E-state index is 10.8. The molecule has 1 N–H and O–H groups in total. The van der Waals surface area contributed by atoms with Crippen LogP contribution in [0.2, 0.25) is 0 Å². The van der Waals surface area contributed by atoms with Crippen molar-refractivity contribution in [2.45, 2.75) is 32.7 Å². The molecule has 1 aromatic carbocycles. The quantitative estimate of drug-likeness (QED) is 0.682. The first-order chi connectivity index (χ1) is 12.0. The van der Waals surface area contributed by atoms with E-state index in [1.807, 2.05) is 13.0 Å². The van der Waals surface area contributed by atoms with Gasteiger partial charge in [0, 0.05) is 11.0 Å². The topological polar surface area (TPSA) is 53.7 Å². The van der Waals surface area contributed by atoms with E-state index in [1.165, 1.54) is 29.7 Å². The lowest BCUT2D eigenvalue weighted by Crippen LogP contribution is -2.37. The summed E-state index contributed by atoms with van der Waals surface area (Å²) in [5.74, 6) is 1.55. The van der Waals surface area contributed by atoms with Crippen LogP contribution in [0.25, 0.3) is 4.96 Å². The molecule has 25 heavy (non-hydrogen) atoms. The summed E-state index contributed by atoms with van der Waals surface area (Å²) in [4.78, 5) is 8.58. The Bertz CT molecular complexity index is 906. The van der Waals surface area contributed by atoms with Crippen LogP contribution in [-0.2, 0) is 0 Å². The zero-order chi connectivity index (χ0) is 17.6. The molecule has 3 aromatic rings. The van der Waals surface area contributed by atoms with Gasteiger partial charge in [-0.2, -0.15) is 4.52 Å². The van der Waals surface area contributed by atoms with E-state index in [4.69, 9.17) is 0 Å². The lowest BCUT2D eigenvalue weighted by molar-refractivity contribution is 0.149. The first-order valence-electron chi connectivity index (χ1n) is 8.57. The number of rotatable bonds is 3. The number of hydrogen-bond acceptors (Lipinski definition) is 5. The monoisotopic (exact) mass is 420 g/mol. The van der Waals surface area contributed by atoms with Gasteiger partial charge in [-0.05, 0) is 49.9 Å². The van der Waals surface area contributed by atoms with Crippen LogP contribution in [0.15, 0.2) is 28.7 Å². The SMILES string of the molecule is Cc1nc2sc([C@@H](c3cccc(Br)c3)N3CCC[C@@H](C)C3)c(O)n2n1. The number of hydrogen-bond donors (Lipinski definition) is 1. The minimum Gasteiger partial charge on any atom is -0.492 e. The summed E-state index contributed by atoms with van der Waals surface area (Å²) in [5.41, 5.74) is 1.18. The average Bonchev–Trinajstić information content (AvgIpc) is 3.06. The van der Waals surface area contributed by atoms with Crippen molar-refractivity contribution in [1.82, 2.24) is 19.5 Å². The molecule has 0 amide bonds. The molecule has 0 spiro atoms. The number of likely N-dealkylation sites (tertiary alicyclic amines) is 1. The fourth-order valence-electron chi connectivity index (χ4n) is 3.69. The van der Waals surface area contributed by atoms with Crippen LogP contribution in [0.5, 0.6) is 5.88 Å². The van der Waals surface area contributed by atoms with E-state index in [-0.39, 0.29) is 11.9 Å². The van der Waals surface area contributed by atoms with E-state index >= 15 is 0 Å². The Kier molecular flexibility index (Phi) is 4.56. The second-order valence-electron chi connectivity index (χ2n) is 6.84. The molecule has 1 aliphatic rings. The Morgan fingerprint density at radius 2 is 2.24 bits per heavy atom. The van der Waals surface area contributed by atoms with Crippen LogP contribution in [0.1, 0.15) is 42.1 Å².